The number of hydrogen-bond donors (Lipinski definition) is 1. The minimum absolute atomic E-state index is 0.00318. The zero-order chi connectivity index (χ0) is 15.9. The molecule has 22 heavy (non-hydrogen) atoms. The summed E-state index contributed by atoms with van der Waals surface area (Å²) in [6.45, 7) is 10.1. The average Bonchev–Trinajstić information content (AvgIpc) is 3.05. The van der Waals surface area contributed by atoms with Crippen LogP contribution in [0.1, 0.15) is 51.9 Å². The van der Waals surface area contributed by atoms with Crippen LogP contribution in [0.15, 0.2) is 0 Å². The van der Waals surface area contributed by atoms with E-state index in [1.807, 2.05) is 6.92 Å². The number of rotatable bonds is 2. The van der Waals surface area contributed by atoms with Gasteiger partial charge in [-0.2, -0.15) is 5.10 Å². The molecule has 1 N–H and O–H groups in total. The molecule has 2 aliphatic heterocycles. The molecule has 0 aliphatic carbocycles. The van der Waals surface area contributed by atoms with Gasteiger partial charge in [0.25, 0.3) is 0 Å². The zero-order valence-corrected chi connectivity index (χ0v) is 13.6. The molecule has 0 aromatic carbocycles. The van der Waals surface area contributed by atoms with Gasteiger partial charge in [-0.1, -0.05) is 20.8 Å². The van der Waals surface area contributed by atoms with Gasteiger partial charge in [-0.15, -0.1) is 0 Å². The van der Waals surface area contributed by atoms with Crippen molar-refractivity contribution in [3.8, 4) is 0 Å². The normalized spacial score (nSPS) is 30.5. The summed E-state index contributed by atoms with van der Waals surface area (Å²) < 4.78 is 11.1. The fourth-order valence-electron chi connectivity index (χ4n) is 2.91. The fraction of sp³-hybridized carbons (Fsp3) is 0.800. The molecular weight excluding hydrogens is 284 g/mol. The molecule has 3 rings (SSSR count). The molecule has 7 nitrogen and oxygen atoms in total. The van der Waals surface area contributed by atoms with E-state index in [1.165, 1.54) is 0 Å². The first-order valence-corrected chi connectivity index (χ1v) is 7.83. The molecule has 0 radical (unpaired) electrons. The third-order valence-electron chi connectivity index (χ3n) is 4.16. The van der Waals surface area contributed by atoms with Crippen molar-refractivity contribution in [1.29, 1.82) is 0 Å². The van der Waals surface area contributed by atoms with Crippen molar-refractivity contribution in [3.63, 3.8) is 0 Å². The maximum Gasteiger partial charge on any atom is 0.323 e. The van der Waals surface area contributed by atoms with E-state index in [9.17, 15) is 4.79 Å². The first kappa shape index (κ1) is 15.4. The van der Waals surface area contributed by atoms with Crippen molar-refractivity contribution in [1.82, 2.24) is 20.1 Å². The lowest BCUT2D eigenvalue weighted by atomic mass is 9.96. The lowest BCUT2D eigenvalue weighted by Crippen LogP contribution is -2.46. The van der Waals surface area contributed by atoms with Gasteiger partial charge in [0.1, 0.15) is 18.2 Å². The highest BCUT2D eigenvalue weighted by Crippen LogP contribution is 2.27. The van der Waals surface area contributed by atoms with Crippen LogP contribution in [0.4, 0.5) is 0 Å². The van der Waals surface area contributed by atoms with E-state index in [0.717, 1.165) is 24.6 Å². The number of nitrogens with one attached hydrogen (secondary N) is 1. The fourth-order valence-corrected chi connectivity index (χ4v) is 2.91. The summed E-state index contributed by atoms with van der Waals surface area (Å²) in [7, 11) is 0. The van der Waals surface area contributed by atoms with Gasteiger partial charge in [0, 0.05) is 24.9 Å². The molecule has 2 fully saturated rings. The summed E-state index contributed by atoms with van der Waals surface area (Å²) in [5.41, 5.74) is -0.103. The minimum atomic E-state index is -0.180. The summed E-state index contributed by atoms with van der Waals surface area (Å²) in [6, 6.07) is -0.161. The van der Waals surface area contributed by atoms with E-state index in [-0.39, 0.29) is 29.6 Å². The Morgan fingerprint density at radius 3 is 2.73 bits per heavy atom. The number of aromatic nitrogens is 3. The molecule has 0 saturated carbocycles. The van der Waals surface area contributed by atoms with Gasteiger partial charge >= 0.3 is 5.97 Å². The number of aromatic amines is 1. The van der Waals surface area contributed by atoms with Crippen LogP contribution >= 0.6 is 0 Å². The topological polar surface area (TPSA) is 80.3 Å². The van der Waals surface area contributed by atoms with Gasteiger partial charge in [-0.25, -0.2) is 4.98 Å². The smallest absolute Gasteiger partial charge is 0.323 e. The number of ether oxygens (including phenoxy) is 2. The van der Waals surface area contributed by atoms with Gasteiger partial charge in [0.2, 0.25) is 0 Å². The van der Waals surface area contributed by atoms with Crippen LogP contribution in [0.2, 0.25) is 0 Å². The van der Waals surface area contributed by atoms with Crippen LogP contribution < -0.4 is 0 Å². The summed E-state index contributed by atoms with van der Waals surface area (Å²) in [5.74, 6) is 1.38. The molecule has 1 aromatic heterocycles. The Morgan fingerprint density at radius 2 is 2.14 bits per heavy atom. The van der Waals surface area contributed by atoms with Crippen molar-refractivity contribution in [2.75, 3.05) is 19.7 Å². The second kappa shape index (κ2) is 5.62. The predicted molar refractivity (Wildman–Crippen MR) is 79.3 cm³/mol. The van der Waals surface area contributed by atoms with E-state index in [4.69, 9.17) is 9.47 Å². The van der Waals surface area contributed by atoms with E-state index in [2.05, 4.69) is 40.9 Å². The SMILES string of the molecule is C[C@@H]1C[C@H](N2CCO[C@@H](c3nc(C(C)(C)C)n[nH]3)C2)C(=O)O1. The first-order chi connectivity index (χ1) is 10.3. The summed E-state index contributed by atoms with van der Waals surface area (Å²) in [5, 5.41) is 7.27. The third-order valence-corrected chi connectivity index (χ3v) is 4.16. The average molecular weight is 308 g/mol. The monoisotopic (exact) mass is 308 g/mol. The van der Waals surface area contributed by atoms with Crippen molar-refractivity contribution >= 4 is 5.97 Å². The van der Waals surface area contributed by atoms with Crippen LogP contribution in [-0.4, -0.2) is 57.9 Å². The van der Waals surface area contributed by atoms with E-state index < -0.39 is 0 Å². The highest BCUT2D eigenvalue weighted by Gasteiger charge is 2.39. The van der Waals surface area contributed by atoms with Crippen LogP contribution in [0, 0.1) is 0 Å². The van der Waals surface area contributed by atoms with E-state index >= 15 is 0 Å². The maximum absolute atomic E-state index is 11.9. The van der Waals surface area contributed by atoms with Gasteiger partial charge in [0.05, 0.1) is 6.61 Å². The largest absolute Gasteiger partial charge is 0.461 e. The third kappa shape index (κ3) is 3.01. The van der Waals surface area contributed by atoms with Crippen molar-refractivity contribution in [2.24, 2.45) is 0 Å². The predicted octanol–water partition coefficient (Wildman–Crippen LogP) is 1.18. The van der Waals surface area contributed by atoms with Gasteiger partial charge in [0.15, 0.2) is 11.6 Å². The Bertz CT molecular complexity index is 551. The molecule has 0 amide bonds. The molecule has 0 spiro atoms. The van der Waals surface area contributed by atoms with Crippen molar-refractivity contribution in [2.45, 2.75) is 57.8 Å². The Morgan fingerprint density at radius 1 is 1.36 bits per heavy atom. The van der Waals surface area contributed by atoms with Gasteiger partial charge in [-0.05, 0) is 6.92 Å². The Hall–Kier alpha value is -1.47. The number of carbonyl (C=O) groups excluding carboxylic acids is 1. The lowest BCUT2D eigenvalue weighted by molar-refractivity contribution is -0.147. The first-order valence-electron chi connectivity index (χ1n) is 7.83. The zero-order valence-electron chi connectivity index (χ0n) is 13.6. The molecule has 2 aliphatic rings. The highest BCUT2D eigenvalue weighted by atomic mass is 16.6. The number of esters is 1. The second-order valence-electron chi connectivity index (χ2n) is 7.15. The number of nitrogens with zero attached hydrogens (tertiary/aromatic N) is 3. The Kier molecular flexibility index (Phi) is 3.94. The molecule has 2 saturated heterocycles. The molecule has 7 heteroatoms. The van der Waals surface area contributed by atoms with Crippen molar-refractivity contribution in [3.05, 3.63) is 11.6 Å². The lowest BCUT2D eigenvalue weighted by Gasteiger charge is -2.34. The molecule has 0 bridgehead atoms. The summed E-state index contributed by atoms with van der Waals surface area (Å²) in [6.07, 6.45) is 0.562. The summed E-state index contributed by atoms with van der Waals surface area (Å²) in [4.78, 5) is 18.6. The standard InChI is InChI=1S/C15H24N4O3/c1-9-7-10(13(20)22-9)19-5-6-21-11(8-19)12-16-14(18-17-12)15(2,3)4/h9-11H,5-8H2,1-4H3,(H,16,17,18)/t9-,10+,11-/m1/s1. The molecular formula is C15H24N4O3. The number of morpholine rings is 1. The van der Waals surface area contributed by atoms with Crippen LogP contribution in [0.5, 0.6) is 0 Å². The number of cyclic esters (lactones) is 1. The Balaban J connectivity index is 1.71. The number of carbonyl (C=O) groups is 1. The van der Waals surface area contributed by atoms with Crippen LogP contribution in [0.25, 0.3) is 0 Å². The summed E-state index contributed by atoms with van der Waals surface area (Å²) >= 11 is 0. The highest BCUT2D eigenvalue weighted by molar-refractivity contribution is 5.78. The van der Waals surface area contributed by atoms with Gasteiger partial charge in [-0.3, -0.25) is 14.8 Å². The Labute approximate surface area is 130 Å². The maximum atomic E-state index is 11.9. The molecule has 0 unspecified atom stereocenters. The van der Waals surface area contributed by atoms with Crippen LogP contribution in [-0.2, 0) is 19.7 Å². The number of hydrogen-bond acceptors (Lipinski definition) is 6. The molecule has 1 aromatic rings. The molecule has 3 atom stereocenters. The van der Waals surface area contributed by atoms with Gasteiger partial charge < -0.3 is 9.47 Å². The van der Waals surface area contributed by atoms with Crippen LogP contribution in [0.3, 0.4) is 0 Å². The minimum Gasteiger partial charge on any atom is -0.461 e. The molecule has 122 valence electrons. The second-order valence-corrected chi connectivity index (χ2v) is 7.15. The number of H-pyrrole nitrogens is 1. The van der Waals surface area contributed by atoms with E-state index in [0.29, 0.717) is 13.2 Å². The van der Waals surface area contributed by atoms with E-state index in [1.54, 1.807) is 0 Å². The quantitative estimate of drug-likeness (QED) is 0.826. The molecule has 3 heterocycles. The van der Waals surface area contributed by atoms with Crippen molar-refractivity contribution < 1.29 is 14.3 Å².